The number of amides is 2. The zero-order valence-corrected chi connectivity index (χ0v) is 21.6. The van der Waals surface area contributed by atoms with Crippen LogP contribution in [0.25, 0.3) is 27.4 Å². The second kappa shape index (κ2) is 8.95. The number of anilines is 1. The van der Waals surface area contributed by atoms with Crippen molar-refractivity contribution < 1.29 is 9.59 Å². The van der Waals surface area contributed by atoms with E-state index in [4.69, 9.17) is 5.73 Å². The van der Waals surface area contributed by atoms with E-state index in [1.807, 2.05) is 54.2 Å². The van der Waals surface area contributed by atoms with Gasteiger partial charge in [-0.25, -0.2) is 4.90 Å². The number of aromatic nitrogens is 2. The number of halogens is 1. The summed E-state index contributed by atoms with van der Waals surface area (Å²) in [4.78, 5) is 28.9. The third-order valence-electron chi connectivity index (χ3n) is 7.66. The molecular weight excluding hydrogens is 472 g/mol. The fourth-order valence-electron chi connectivity index (χ4n) is 5.84. The lowest BCUT2D eigenvalue weighted by Crippen LogP contribution is -2.32. The van der Waals surface area contributed by atoms with Gasteiger partial charge in [-0.05, 0) is 42.9 Å². The molecule has 36 heavy (non-hydrogen) atoms. The molecule has 6 nitrogen and oxygen atoms in total. The average molecular weight is 503 g/mol. The molecule has 7 heteroatoms. The molecule has 0 spiro atoms. The monoisotopic (exact) mass is 502 g/mol. The first-order chi connectivity index (χ1) is 16.9. The SMILES string of the molecule is CC(C)[C@H](N)c1cccc2c1c(N1C(=O)C=C(c3cn(C)c4ccccc34)C1=O)c1n2CCCC1.Cl. The second-order valence-electron chi connectivity index (χ2n) is 10.1. The van der Waals surface area contributed by atoms with Crippen LogP contribution in [0.15, 0.2) is 54.7 Å². The van der Waals surface area contributed by atoms with Gasteiger partial charge in [-0.1, -0.05) is 44.2 Å². The van der Waals surface area contributed by atoms with Gasteiger partial charge in [0, 0.05) is 59.5 Å². The minimum Gasteiger partial charge on any atom is -0.350 e. The fourth-order valence-corrected chi connectivity index (χ4v) is 5.84. The van der Waals surface area contributed by atoms with E-state index in [0.29, 0.717) is 5.57 Å². The molecule has 0 radical (unpaired) electrons. The van der Waals surface area contributed by atoms with Crippen LogP contribution in [0.3, 0.4) is 0 Å². The first-order valence-electron chi connectivity index (χ1n) is 12.4. The third-order valence-corrected chi connectivity index (χ3v) is 7.66. The average Bonchev–Trinajstić information content (AvgIpc) is 3.47. The van der Waals surface area contributed by atoms with Gasteiger partial charge < -0.3 is 14.9 Å². The Kier molecular flexibility index (Phi) is 6.05. The van der Waals surface area contributed by atoms with Crippen molar-refractivity contribution in [3.05, 3.63) is 71.6 Å². The van der Waals surface area contributed by atoms with Crippen molar-refractivity contribution in [1.29, 1.82) is 0 Å². The molecule has 0 fully saturated rings. The van der Waals surface area contributed by atoms with E-state index in [1.165, 1.54) is 11.0 Å². The van der Waals surface area contributed by atoms with Crippen LogP contribution in [-0.2, 0) is 29.6 Å². The van der Waals surface area contributed by atoms with Gasteiger partial charge in [-0.15, -0.1) is 12.4 Å². The summed E-state index contributed by atoms with van der Waals surface area (Å²) in [5, 5.41) is 1.91. The molecule has 2 aliphatic rings. The molecule has 1 atom stereocenters. The number of hydrogen-bond acceptors (Lipinski definition) is 3. The van der Waals surface area contributed by atoms with Crippen LogP contribution in [-0.4, -0.2) is 20.9 Å². The van der Waals surface area contributed by atoms with E-state index < -0.39 is 0 Å². The van der Waals surface area contributed by atoms with Gasteiger partial charge in [-0.2, -0.15) is 0 Å². The summed E-state index contributed by atoms with van der Waals surface area (Å²) in [7, 11) is 1.96. The summed E-state index contributed by atoms with van der Waals surface area (Å²) in [6, 6.07) is 14.0. The largest absolute Gasteiger partial charge is 0.350 e. The summed E-state index contributed by atoms with van der Waals surface area (Å²) in [5.74, 6) is -0.327. The lowest BCUT2D eigenvalue weighted by molar-refractivity contribution is -0.119. The Balaban J connectivity index is 0.00000267. The predicted octanol–water partition coefficient (Wildman–Crippen LogP) is 5.50. The summed E-state index contributed by atoms with van der Waals surface area (Å²) >= 11 is 0. The highest BCUT2D eigenvalue weighted by atomic mass is 35.5. The molecule has 6 rings (SSSR count). The summed E-state index contributed by atoms with van der Waals surface area (Å²) in [6.07, 6.45) is 6.40. The molecule has 0 aliphatic carbocycles. The van der Waals surface area contributed by atoms with Crippen LogP contribution in [0.5, 0.6) is 0 Å². The van der Waals surface area contributed by atoms with E-state index in [-0.39, 0.29) is 36.2 Å². The van der Waals surface area contributed by atoms with Gasteiger partial charge >= 0.3 is 0 Å². The van der Waals surface area contributed by atoms with E-state index in [2.05, 4.69) is 24.5 Å². The number of para-hydroxylation sites is 1. The highest BCUT2D eigenvalue weighted by Crippen LogP contribution is 2.44. The van der Waals surface area contributed by atoms with Crippen molar-refractivity contribution in [2.75, 3.05) is 4.90 Å². The Morgan fingerprint density at radius 2 is 1.72 bits per heavy atom. The molecule has 0 saturated heterocycles. The zero-order valence-electron chi connectivity index (χ0n) is 20.8. The molecule has 0 bridgehead atoms. The highest BCUT2D eigenvalue weighted by molar-refractivity contribution is 6.45. The smallest absolute Gasteiger partial charge is 0.266 e. The molecule has 2 aliphatic heterocycles. The lowest BCUT2D eigenvalue weighted by Gasteiger charge is -2.22. The minimum atomic E-state index is -0.285. The first-order valence-corrected chi connectivity index (χ1v) is 12.4. The molecule has 2 aromatic heterocycles. The van der Waals surface area contributed by atoms with Crippen molar-refractivity contribution in [3.8, 4) is 0 Å². The Morgan fingerprint density at radius 3 is 2.50 bits per heavy atom. The number of aryl methyl sites for hydroxylation is 2. The minimum absolute atomic E-state index is 0. The molecule has 0 unspecified atom stereocenters. The third kappa shape index (κ3) is 3.43. The van der Waals surface area contributed by atoms with Gasteiger partial charge in [0.05, 0.1) is 16.8 Å². The standard InChI is InChI=1S/C29H30N4O2.ClH/c1-17(2)27(30)19-10-8-13-23-26(19)28(24-12-6-7-14-32(23)24)33-25(34)15-20(29(33)35)21-16-31(3)22-11-5-4-9-18(21)22;/h4-5,8-11,13,15-17,27H,6-7,12,14,30H2,1-3H3;1H/t27-;/m0./s1. The summed E-state index contributed by atoms with van der Waals surface area (Å²) < 4.78 is 4.29. The number of hydrogen-bond donors (Lipinski definition) is 1. The number of imide groups is 1. The number of carbonyl (C=O) groups excluding carboxylic acids is 2. The van der Waals surface area contributed by atoms with Crippen molar-refractivity contribution in [2.45, 2.75) is 45.7 Å². The van der Waals surface area contributed by atoms with Crippen molar-refractivity contribution in [2.24, 2.45) is 18.7 Å². The van der Waals surface area contributed by atoms with Crippen molar-refractivity contribution >= 4 is 57.3 Å². The van der Waals surface area contributed by atoms with Crippen molar-refractivity contribution in [3.63, 3.8) is 0 Å². The molecule has 4 heterocycles. The molecule has 186 valence electrons. The lowest BCUT2D eigenvalue weighted by atomic mass is 9.93. The predicted molar refractivity (Wildman–Crippen MR) is 147 cm³/mol. The highest BCUT2D eigenvalue weighted by Gasteiger charge is 2.39. The molecule has 2 N–H and O–H groups in total. The number of nitrogens with zero attached hydrogens (tertiary/aromatic N) is 3. The quantitative estimate of drug-likeness (QED) is 0.374. The topological polar surface area (TPSA) is 73.3 Å². The van der Waals surface area contributed by atoms with Crippen LogP contribution >= 0.6 is 12.4 Å². The molecule has 2 amide bonds. The van der Waals surface area contributed by atoms with E-state index in [0.717, 1.165) is 70.1 Å². The number of nitrogens with two attached hydrogens (primary N) is 1. The van der Waals surface area contributed by atoms with E-state index in [1.54, 1.807) is 0 Å². The number of fused-ring (bicyclic) bond motifs is 4. The number of benzene rings is 2. The maximum absolute atomic E-state index is 14.0. The first kappa shape index (κ1) is 24.3. The summed E-state index contributed by atoms with van der Waals surface area (Å²) in [5.41, 5.74) is 12.8. The second-order valence-corrected chi connectivity index (χ2v) is 10.1. The van der Waals surface area contributed by atoms with Gasteiger partial charge in [0.2, 0.25) is 0 Å². The number of rotatable bonds is 4. The van der Waals surface area contributed by atoms with Crippen LogP contribution in [0.4, 0.5) is 5.69 Å². The number of carbonyl (C=O) groups is 2. The Labute approximate surface area is 216 Å². The molecule has 4 aromatic rings. The van der Waals surface area contributed by atoms with Gasteiger partial charge in [0.1, 0.15) is 0 Å². The van der Waals surface area contributed by atoms with E-state index in [9.17, 15) is 9.59 Å². The van der Waals surface area contributed by atoms with Gasteiger partial charge in [-0.3, -0.25) is 9.59 Å². The maximum Gasteiger partial charge on any atom is 0.266 e. The Hall–Kier alpha value is -3.35. The molecular formula is C29H31ClN4O2. The summed E-state index contributed by atoms with van der Waals surface area (Å²) in [6.45, 7) is 5.09. The maximum atomic E-state index is 14.0. The zero-order chi connectivity index (χ0) is 24.4. The molecule has 0 saturated carbocycles. The van der Waals surface area contributed by atoms with Gasteiger partial charge in [0.15, 0.2) is 0 Å². The fraction of sp³-hybridized carbons (Fsp3) is 0.310. The van der Waals surface area contributed by atoms with Crippen LogP contribution in [0, 0.1) is 5.92 Å². The normalized spacial score (nSPS) is 16.6. The van der Waals surface area contributed by atoms with Crippen LogP contribution in [0.2, 0.25) is 0 Å². The van der Waals surface area contributed by atoms with Crippen LogP contribution < -0.4 is 10.6 Å². The molecule has 2 aromatic carbocycles. The Morgan fingerprint density at radius 1 is 0.972 bits per heavy atom. The van der Waals surface area contributed by atoms with Crippen molar-refractivity contribution in [1.82, 2.24) is 9.13 Å². The van der Waals surface area contributed by atoms with Gasteiger partial charge in [0.25, 0.3) is 11.8 Å². The van der Waals surface area contributed by atoms with Crippen LogP contribution in [0.1, 0.15) is 49.6 Å². The van der Waals surface area contributed by atoms with E-state index >= 15 is 0 Å². The Bertz CT molecular complexity index is 1560.